The van der Waals surface area contributed by atoms with Gasteiger partial charge in [0.05, 0.1) is 18.1 Å². The predicted molar refractivity (Wildman–Crippen MR) is 88.3 cm³/mol. The van der Waals surface area contributed by atoms with E-state index in [1.165, 1.54) is 0 Å². The molecule has 2 rings (SSSR count). The fourth-order valence-electron chi connectivity index (χ4n) is 3.42. The van der Waals surface area contributed by atoms with Gasteiger partial charge in [-0.15, -0.1) is 0 Å². The minimum Gasteiger partial charge on any atom is -0.346 e. The van der Waals surface area contributed by atoms with Crippen LogP contribution in [0.2, 0.25) is 0 Å². The SMILES string of the molecule is Cc1cc(C(=O)CN(C)C2CCS(=O)(=O)C2)c(C)n1C(C)C. The number of Topliss-reactive ketones (excluding diaryl/α,β-unsaturated/α-hetero) is 1. The van der Waals surface area contributed by atoms with Crippen molar-refractivity contribution in [1.29, 1.82) is 0 Å². The fraction of sp³-hybridized carbons (Fsp3) is 0.688. The number of likely N-dealkylation sites (N-methyl/N-ethyl adjacent to an activating group) is 1. The van der Waals surface area contributed by atoms with Gasteiger partial charge in [-0.3, -0.25) is 9.69 Å². The molecule has 0 aromatic carbocycles. The van der Waals surface area contributed by atoms with Crippen LogP contribution in [0.1, 0.15) is 48.1 Å². The van der Waals surface area contributed by atoms with E-state index in [0.717, 1.165) is 17.0 Å². The van der Waals surface area contributed by atoms with E-state index in [-0.39, 0.29) is 29.9 Å². The smallest absolute Gasteiger partial charge is 0.178 e. The Morgan fingerprint density at radius 1 is 1.41 bits per heavy atom. The van der Waals surface area contributed by atoms with Gasteiger partial charge in [0.2, 0.25) is 0 Å². The van der Waals surface area contributed by atoms with Crippen LogP contribution in [0.25, 0.3) is 0 Å². The highest BCUT2D eigenvalue weighted by Crippen LogP contribution is 2.22. The Labute approximate surface area is 133 Å². The molecule has 0 amide bonds. The fourth-order valence-corrected chi connectivity index (χ4v) is 5.22. The summed E-state index contributed by atoms with van der Waals surface area (Å²) in [6.45, 7) is 8.45. The maximum Gasteiger partial charge on any atom is 0.178 e. The second-order valence-corrected chi connectivity index (χ2v) is 8.87. The molecule has 6 heteroatoms. The van der Waals surface area contributed by atoms with E-state index >= 15 is 0 Å². The van der Waals surface area contributed by atoms with Gasteiger partial charge in [-0.25, -0.2) is 8.42 Å². The summed E-state index contributed by atoms with van der Waals surface area (Å²) >= 11 is 0. The lowest BCUT2D eigenvalue weighted by atomic mass is 10.1. The number of rotatable bonds is 5. The topological polar surface area (TPSA) is 59.4 Å². The second-order valence-electron chi connectivity index (χ2n) is 6.64. The summed E-state index contributed by atoms with van der Waals surface area (Å²) in [7, 11) is -1.08. The highest BCUT2D eigenvalue weighted by Gasteiger charge is 2.31. The molecule has 22 heavy (non-hydrogen) atoms. The van der Waals surface area contributed by atoms with Gasteiger partial charge in [0.25, 0.3) is 0 Å². The molecule has 0 radical (unpaired) electrons. The molecule has 1 atom stereocenters. The summed E-state index contributed by atoms with van der Waals surface area (Å²) in [4.78, 5) is 14.5. The summed E-state index contributed by atoms with van der Waals surface area (Å²) in [6.07, 6.45) is 0.622. The Hall–Kier alpha value is -1.14. The van der Waals surface area contributed by atoms with Gasteiger partial charge in [-0.1, -0.05) is 0 Å². The summed E-state index contributed by atoms with van der Waals surface area (Å²) in [5, 5.41) is 0. The quantitative estimate of drug-likeness (QED) is 0.777. The third-order valence-electron chi connectivity index (χ3n) is 4.53. The molecule has 1 fully saturated rings. The van der Waals surface area contributed by atoms with Crippen LogP contribution in [-0.2, 0) is 9.84 Å². The number of hydrogen-bond acceptors (Lipinski definition) is 4. The van der Waals surface area contributed by atoms with Crippen LogP contribution in [0, 0.1) is 13.8 Å². The molecule has 124 valence electrons. The predicted octanol–water partition coefficient (Wildman–Crippen LogP) is 1.99. The lowest BCUT2D eigenvalue weighted by Crippen LogP contribution is -2.36. The standard InChI is InChI=1S/C16H26N2O3S/c1-11(2)18-12(3)8-15(13(18)4)16(19)9-17(5)14-6-7-22(20,21)10-14/h8,11,14H,6-7,9-10H2,1-5H3. The third kappa shape index (κ3) is 3.43. The average Bonchev–Trinajstić information content (AvgIpc) is 2.89. The first kappa shape index (κ1) is 17.2. The largest absolute Gasteiger partial charge is 0.346 e. The van der Waals surface area contributed by atoms with E-state index in [9.17, 15) is 13.2 Å². The van der Waals surface area contributed by atoms with E-state index in [4.69, 9.17) is 0 Å². The van der Waals surface area contributed by atoms with Crippen molar-refractivity contribution in [2.24, 2.45) is 0 Å². The van der Waals surface area contributed by atoms with Crippen LogP contribution in [0.15, 0.2) is 6.07 Å². The lowest BCUT2D eigenvalue weighted by Gasteiger charge is -2.22. The van der Waals surface area contributed by atoms with E-state index < -0.39 is 9.84 Å². The number of sulfone groups is 1. The van der Waals surface area contributed by atoms with E-state index in [1.54, 1.807) is 0 Å². The molecule has 0 saturated carbocycles. The summed E-state index contributed by atoms with van der Waals surface area (Å²) in [6, 6.07) is 2.22. The maximum atomic E-state index is 12.6. The molecular weight excluding hydrogens is 300 g/mol. The van der Waals surface area contributed by atoms with Gasteiger partial charge >= 0.3 is 0 Å². The van der Waals surface area contributed by atoms with Crippen molar-refractivity contribution in [1.82, 2.24) is 9.47 Å². The Morgan fingerprint density at radius 2 is 2.05 bits per heavy atom. The maximum absolute atomic E-state index is 12.6. The summed E-state index contributed by atoms with van der Waals surface area (Å²) in [5.41, 5.74) is 2.82. The molecule has 0 bridgehead atoms. The number of carbonyl (C=O) groups excluding carboxylic acids is 1. The minimum absolute atomic E-state index is 0.0393. The molecule has 5 nitrogen and oxygen atoms in total. The van der Waals surface area contributed by atoms with Crippen molar-refractivity contribution in [3.63, 3.8) is 0 Å². The van der Waals surface area contributed by atoms with Crippen LogP contribution in [0.5, 0.6) is 0 Å². The molecule has 1 aliphatic rings. The summed E-state index contributed by atoms with van der Waals surface area (Å²) < 4.78 is 25.3. The van der Waals surface area contributed by atoms with Crippen molar-refractivity contribution >= 4 is 15.6 Å². The van der Waals surface area contributed by atoms with E-state index in [2.05, 4.69) is 18.4 Å². The van der Waals surface area contributed by atoms with Crippen molar-refractivity contribution in [3.8, 4) is 0 Å². The number of hydrogen-bond donors (Lipinski definition) is 0. The first-order chi connectivity index (χ1) is 10.1. The van der Waals surface area contributed by atoms with Gasteiger partial charge < -0.3 is 4.57 Å². The highest BCUT2D eigenvalue weighted by molar-refractivity contribution is 7.91. The Kier molecular flexibility index (Phi) is 4.82. The Bertz CT molecular complexity index is 674. The second kappa shape index (κ2) is 6.16. The first-order valence-electron chi connectivity index (χ1n) is 7.74. The molecule has 0 N–H and O–H groups in total. The monoisotopic (exact) mass is 326 g/mol. The van der Waals surface area contributed by atoms with Gasteiger partial charge in [0, 0.05) is 29.0 Å². The Balaban J connectivity index is 2.11. The van der Waals surface area contributed by atoms with Gasteiger partial charge in [0.1, 0.15) is 0 Å². The first-order valence-corrected chi connectivity index (χ1v) is 9.57. The van der Waals surface area contributed by atoms with Crippen molar-refractivity contribution in [2.75, 3.05) is 25.1 Å². The number of aryl methyl sites for hydroxylation is 1. The summed E-state index contributed by atoms with van der Waals surface area (Å²) in [5.74, 6) is 0.464. The number of aromatic nitrogens is 1. The zero-order valence-electron chi connectivity index (χ0n) is 14.1. The van der Waals surface area contributed by atoms with Crippen LogP contribution in [0.3, 0.4) is 0 Å². The molecule has 1 aliphatic heterocycles. The Morgan fingerprint density at radius 3 is 2.50 bits per heavy atom. The number of ketones is 1. The van der Waals surface area contributed by atoms with E-state index in [1.807, 2.05) is 31.9 Å². The lowest BCUT2D eigenvalue weighted by molar-refractivity contribution is 0.0926. The molecule has 1 unspecified atom stereocenters. The van der Waals surface area contributed by atoms with Crippen LogP contribution < -0.4 is 0 Å². The van der Waals surface area contributed by atoms with Gasteiger partial charge in [-0.05, 0) is 47.2 Å². The molecule has 1 aromatic heterocycles. The van der Waals surface area contributed by atoms with Crippen LogP contribution in [-0.4, -0.2) is 54.8 Å². The number of nitrogens with zero attached hydrogens (tertiary/aromatic N) is 2. The third-order valence-corrected chi connectivity index (χ3v) is 6.28. The van der Waals surface area contributed by atoms with Crippen LogP contribution in [0.4, 0.5) is 0 Å². The molecule has 0 spiro atoms. The minimum atomic E-state index is -2.92. The van der Waals surface area contributed by atoms with E-state index in [0.29, 0.717) is 12.5 Å². The molecule has 2 heterocycles. The number of carbonyl (C=O) groups is 1. The van der Waals surface area contributed by atoms with Gasteiger partial charge in [-0.2, -0.15) is 0 Å². The van der Waals surface area contributed by atoms with Crippen molar-refractivity contribution < 1.29 is 13.2 Å². The highest BCUT2D eigenvalue weighted by atomic mass is 32.2. The normalized spacial score (nSPS) is 21.0. The van der Waals surface area contributed by atoms with Crippen molar-refractivity contribution in [2.45, 2.75) is 46.2 Å². The van der Waals surface area contributed by atoms with Crippen LogP contribution >= 0.6 is 0 Å². The molecular formula is C16H26N2O3S. The molecule has 0 aliphatic carbocycles. The zero-order valence-corrected chi connectivity index (χ0v) is 14.9. The molecule has 1 saturated heterocycles. The average molecular weight is 326 g/mol. The van der Waals surface area contributed by atoms with Gasteiger partial charge in [0.15, 0.2) is 15.6 Å². The van der Waals surface area contributed by atoms with Crippen molar-refractivity contribution in [3.05, 3.63) is 23.0 Å². The molecule has 1 aromatic rings. The zero-order chi connectivity index (χ0) is 16.7.